The molecule has 0 spiro atoms. The molecule has 3 N–H and O–H groups in total. The Morgan fingerprint density at radius 2 is 2.62 bits per heavy atom. The molecule has 0 aliphatic carbocycles. The van der Waals surface area contributed by atoms with Crippen molar-refractivity contribution in [1.29, 1.82) is 0 Å². The second kappa shape index (κ2) is 3.96. The van der Waals surface area contributed by atoms with E-state index in [4.69, 9.17) is 5.73 Å². The lowest BCUT2D eigenvalue weighted by Crippen LogP contribution is -2.22. The monoisotopic (exact) mass is 114 g/mol. The van der Waals surface area contributed by atoms with Crippen molar-refractivity contribution in [3.05, 3.63) is 0 Å². The quantitative estimate of drug-likeness (QED) is 0.263. The first-order valence-electron chi connectivity index (χ1n) is 1.91. The molecule has 0 bridgehead atoms. The van der Waals surface area contributed by atoms with Gasteiger partial charge in [-0.15, -0.1) is 0 Å². The fraction of sp³-hybridized carbons (Fsp3) is 0.250. The third-order valence-electron chi connectivity index (χ3n) is 0.390. The van der Waals surface area contributed by atoms with Gasteiger partial charge in [0.05, 0.1) is 6.54 Å². The summed E-state index contributed by atoms with van der Waals surface area (Å²) >= 11 is 0. The number of hydrogen-bond acceptors (Lipinski definition) is 4. The standard InChI is InChI=1S/C4H6N2O2/c1-2-6-8-4(7)3-5/h1,6H,3,5H2. The summed E-state index contributed by atoms with van der Waals surface area (Å²) in [5, 5.41) is 0. The van der Waals surface area contributed by atoms with E-state index in [0.29, 0.717) is 0 Å². The average molecular weight is 114 g/mol. The van der Waals surface area contributed by atoms with Crippen molar-refractivity contribution in [3.8, 4) is 12.5 Å². The maximum Gasteiger partial charge on any atom is 0.346 e. The van der Waals surface area contributed by atoms with Gasteiger partial charge in [0.2, 0.25) is 0 Å². The fourth-order valence-electron chi connectivity index (χ4n) is 0.128. The summed E-state index contributed by atoms with van der Waals surface area (Å²) < 4.78 is 0. The third kappa shape index (κ3) is 3.00. The Morgan fingerprint density at radius 1 is 2.00 bits per heavy atom. The van der Waals surface area contributed by atoms with Crippen LogP contribution >= 0.6 is 0 Å². The van der Waals surface area contributed by atoms with Crippen LogP contribution in [0.5, 0.6) is 0 Å². The van der Waals surface area contributed by atoms with Gasteiger partial charge >= 0.3 is 5.97 Å². The zero-order chi connectivity index (χ0) is 6.41. The number of hydrogen-bond donors (Lipinski definition) is 2. The zero-order valence-corrected chi connectivity index (χ0v) is 4.18. The SMILES string of the molecule is C#CNOC(=O)CN. The van der Waals surface area contributed by atoms with Gasteiger partial charge in [0, 0.05) is 6.04 Å². The van der Waals surface area contributed by atoms with Gasteiger partial charge < -0.3 is 10.6 Å². The van der Waals surface area contributed by atoms with E-state index in [1.807, 2.05) is 11.5 Å². The van der Waals surface area contributed by atoms with Crippen LogP contribution in [0.1, 0.15) is 0 Å². The lowest BCUT2D eigenvalue weighted by atomic mass is 10.7. The van der Waals surface area contributed by atoms with E-state index in [2.05, 4.69) is 11.3 Å². The van der Waals surface area contributed by atoms with Crippen molar-refractivity contribution in [2.75, 3.05) is 6.54 Å². The van der Waals surface area contributed by atoms with Gasteiger partial charge in [-0.2, -0.15) is 5.48 Å². The average Bonchev–Trinajstić information content (AvgIpc) is 1.83. The molecular weight excluding hydrogens is 108 g/mol. The molecule has 0 atom stereocenters. The van der Waals surface area contributed by atoms with Crippen LogP contribution in [-0.4, -0.2) is 12.5 Å². The molecule has 0 aliphatic rings. The Morgan fingerprint density at radius 3 is 3.00 bits per heavy atom. The van der Waals surface area contributed by atoms with Gasteiger partial charge in [-0.1, -0.05) is 6.42 Å². The first kappa shape index (κ1) is 6.79. The Bertz CT molecular complexity index is 116. The van der Waals surface area contributed by atoms with Gasteiger partial charge in [0.25, 0.3) is 0 Å². The van der Waals surface area contributed by atoms with Crippen molar-refractivity contribution in [2.45, 2.75) is 0 Å². The predicted molar refractivity (Wildman–Crippen MR) is 27.1 cm³/mol. The van der Waals surface area contributed by atoms with Crippen LogP contribution in [0.25, 0.3) is 0 Å². The predicted octanol–water partition coefficient (Wildman–Crippen LogP) is -1.42. The van der Waals surface area contributed by atoms with E-state index in [-0.39, 0.29) is 6.54 Å². The largest absolute Gasteiger partial charge is 0.346 e. The van der Waals surface area contributed by atoms with Crippen molar-refractivity contribution >= 4 is 5.97 Å². The molecule has 0 fully saturated rings. The molecule has 0 aromatic carbocycles. The minimum atomic E-state index is -0.581. The van der Waals surface area contributed by atoms with Crippen LogP contribution in [0.3, 0.4) is 0 Å². The third-order valence-corrected chi connectivity index (χ3v) is 0.390. The minimum absolute atomic E-state index is 0.172. The summed E-state index contributed by atoms with van der Waals surface area (Å²) in [5.74, 6) is -0.581. The van der Waals surface area contributed by atoms with Crippen LogP contribution in [0.2, 0.25) is 0 Å². The number of hydroxylamine groups is 1. The van der Waals surface area contributed by atoms with Crippen molar-refractivity contribution < 1.29 is 9.63 Å². The summed E-state index contributed by atoms with van der Waals surface area (Å²) in [5.41, 5.74) is 6.73. The van der Waals surface area contributed by atoms with Crippen molar-refractivity contribution in [1.82, 2.24) is 5.48 Å². The van der Waals surface area contributed by atoms with E-state index < -0.39 is 5.97 Å². The van der Waals surface area contributed by atoms with E-state index in [1.54, 1.807) is 0 Å². The summed E-state index contributed by atoms with van der Waals surface area (Å²) in [6.45, 7) is -0.172. The smallest absolute Gasteiger partial charge is 0.334 e. The maximum atomic E-state index is 10.1. The fourth-order valence-corrected chi connectivity index (χ4v) is 0.128. The molecule has 0 unspecified atom stereocenters. The molecule has 4 heteroatoms. The minimum Gasteiger partial charge on any atom is -0.334 e. The molecule has 8 heavy (non-hydrogen) atoms. The highest BCUT2D eigenvalue weighted by atomic mass is 16.7. The molecule has 0 heterocycles. The maximum absolute atomic E-state index is 10.1. The van der Waals surface area contributed by atoms with Crippen LogP contribution in [0.4, 0.5) is 0 Å². The van der Waals surface area contributed by atoms with Crippen LogP contribution < -0.4 is 11.2 Å². The van der Waals surface area contributed by atoms with Gasteiger partial charge in [-0.05, 0) is 0 Å². The second-order valence-corrected chi connectivity index (χ2v) is 0.925. The Balaban J connectivity index is 3.15. The molecule has 44 valence electrons. The summed E-state index contributed by atoms with van der Waals surface area (Å²) in [7, 11) is 0. The van der Waals surface area contributed by atoms with E-state index in [0.717, 1.165) is 0 Å². The number of nitrogens with two attached hydrogens (primary N) is 1. The lowest BCUT2D eigenvalue weighted by Gasteiger charge is -1.94. The van der Waals surface area contributed by atoms with Gasteiger partial charge in [0.15, 0.2) is 0 Å². The Kier molecular flexibility index (Phi) is 3.36. The van der Waals surface area contributed by atoms with Crippen molar-refractivity contribution in [2.24, 2.45) is 5.73 Å². The first-order chi connectivity index (χ1) is 3.81. The van der Waals surface area contributed by atoms with E-state index >= 15 is 0 Å². The Hall–Kier alpha value is -1.21. The number of carbonyl (C=O) groups excluding carboxylic acids is 1. The molecule has 0 aromatic heterocycles. The highest BCUT2D eigenvalue weighted by Gasteiger charge is 1.93. The highest BCUT2D eigenvalue weighted by Crippen LogP contribution is 1.63. The molecule has 0 saturated carbocycles. The van der Waals surface area contributed by atoms with Crippen LogP contribution in [0, 0.1) is 12.5 Å². The number of rotatable bonds is 2. The lowest BCUT2D eigenvalue weighted by molar-refractivity contribution is -0.146. The summed E-state index contributed by atoms with van der Waals surface area (Å²) in [6.07, 6.45) is 4.65. The molecular formula is C4H6N2O2. The molecule has 0 aliphatic heterocycles. The van der Waals surface area contributed by atoms with E-state index in [1.165, 1.54) is 0 Å². The normalized spacial score (nSPS) is 7.00. The van der Waals surface area contributed by atoms with Gasteiger partial charge in [-0.25, -0.2) is 4.79 Å². The topological polar surface area (TPSA) is 64.3 Å². The second-order valence-electron chi connectivity index (χ2n) is 0.925. The van der Waals surface area contributed by atoms with Gasteiger partial charge in [-0.3, -0.25) is 0 Å². The van der Waals surface area contributed by atoms with Gasteiger partial charge in [0.1, 0.15) is 0 Å². The van der Waals surface area contributed by atoms with Crippen molar-refractivity contribution in [3.63, 3.8) is 0 Å². The molecule has 0 amide bonds. The molecule has 0 radical (unpaired) electrons. The summed E-state index contributed by atoms with van der Waals surface area (Å²) in [4.78, 5) is 14.2. The number of terminal acetylenes is 1. The molecule has 4 nitrogen and oxygen atoms in total. The molecule has 0 rings (SSSR count). The molecule has 0 saturated heterocycles. The highest BCUT2D eigenvalue weighted by molar-refractivity contribution is 5.71. The number of nitrogens with one attached hydrogen (secondary N) is 1. The summed E-state index contributed by atoms with van der Waals surface area (Å²) in [6, 6.07) is 1.88. The zero-order valence-electron chi connectivity index (χ0n) is 4.18. The molecule has 0 aromatic rings. The number of carbonyl (C=O) groups is 1. The van der Waals surface area contributed by atoms with Crippen LogP contribution in [-0.2, 0) is 9.63 Å². The first-order valence-corrected chi connectivity index (χ1v) is 1.91. The van der Waals surface area contributed by atoms with E-state index in [9.17, 15) is 4.79 Å². The van der Waals surface area contributed by atoms with Crippen LogP contribution in [0.15, 0.2) is 0 Å². The Labute approximate surface area is 47.0 Å².